The molecule has 0 saturated carbocycles. The van der Waals surface area contributed by atoms with Gasteiger partial charge in [-0.1, -0.05) is 13.3 Å². The van der Waals surface area contributed by atoms with Crippen molar-refractivity contribution in [3.8, 4) is 17.1 Å². The van der Waals surface area contributed by atoms with Crippen molar-refractivity contribution in [3.05, 3.63) is 74.9 Å². The molecule has 0 unspecified atom stereocenters. The van der Waals surface area contributed by atoms with Crippen molar-refractivity contribution in [2.45, 2.75) is 26.3 Å². The Morgan fingerprint density at radius 1 is 1.03 bits per heavy atom. The van der Waals surface area contributed by atoms with E-state index in [0.29, 0.717) is 34.9 Å². The monoisotopic (exact) mass is 491 g/mol. The molecule has 0 aliphatic rings. The highest BCUT2D eigenvalue weighted by molar-refractivity contribution is 5.93. The third kappa shape index (κ3) is 5.35. The molecule has 0 aliphatic carbocycles. The molecule has 2 aromatic heterocycles. The molecule has 0 bridgehead atoms. The standard InChI is InChI=1S/C25H25N5O6/c1-3-4-13-30-23(32)20-22(29-25(30)34)28-21(27-20)15-7-11-18(12-8-15)36-14-19(31)26-17-9-5-16(6-10-17)24(33)35-2/h5-12H,3-4,13-14H2,1-2H3,(H,26,31)(H,27,28)(H,29,34). The molecule has 1 amide bonds. The molecule has 11 heteroatoms. The van der Waals surface area contributed by atoms with Crippen LogP contribution in [0, 0.1) is 0 Å². The zero-order chi connectivity index (χ0) is 25.7. The number of ether oxygens (including phenoxy) is 2. The number of unbranched alkanes of at least 4 members (excludes halogenated alkanes) is 1. The van der Waals surface area contributed by atoms with Gasteiger partial charge in [-0.15, -0.1) is 0 Å². The van der Waals surface area contributed by atoms with Crippen LogP contribution in [0.15, 0.2) is 58.1 Å². The van der Waals surface area contributed by atoms with Gasteiger partial charge in [0, 0.05) is 17.8 Å². The first kappa shape index (κ1) is 24.5. The number of methoxy groups -OCH3 is 1. The lowest BCUT2D eigenvalue weighted by Crippen LogP contribution is -2.35. The van der Waals surface area contributed by atoms with Gasteiger partial charge in [-0.3, -0.25) is 19.1 Å². The highest BCUT2D eigenvalue weighted by Crippen LogP contribution is 2.21. The van der Waals surface area contributed by atoms with Gasteiger partial charge < -0.3 is 19.8 Å². The van der Waals surface area contributed by atoms with E-state index in [9.17, 15) is 19.2 Å². The number of aromatic amines is 2. The molecular formula is C25H25N5O6. The molecule has 0 spiro atoms. The van der Waals surface area contributed by atoms with Gasteiger partial charge in [0.25, 0.3) is 11.5 Å². The normalized spacial score (nSPS) is 10.8. The van der Waals surface area contributed by atoms with E-state index in [-0.39, 0.29) is 23.7 Å². The Hall–Kier alpha value is -4.67. The number of fused-ring (bicyclic) bond motifs is 1. The predicted molar refractivity (Wildman–Crippen MR) is 133 cm³/mol. The van der Waals surface area contributed by atoms with Gasteiger partial charge >= 0.3 is 11.7 Å². The van der Waals surface area contributed by atoms with Crippen LogP contribution in [0.4, 0.5) is 5.69 Å². The summed E-state index contributed by atoms with van der Waals surface area (Å²) in [5, 5.41) is 2.68. The number of aromatic nitrogens is 4. The summed E-state index contributed by atoms with van der Waals surface area (Å²) < 4.78 is 11.4. The number of hydrogen-bond donors (Lipinski definition) is 3. The van der Waals surface area contributed by atoms with Gasteiger partial charge in [0.2, 0.25) is 0 Å². The van der Waals surface area contributed by atoms with E-state index in [0.717, 1.165) is 12.8 Å². The van der Waals surface area contributed by atoms with Crippen LogP contribution in [0.25, 0.3) is 22.6 Å². The number of amides is 1. The molecule has 4 aromatic rings. The zero-order valence-corrected chi connectivity index (χ0v) is 19.8. The van der Waals surface area contributed by atoms with Crippen molar-refractivity contribution in [2.24, 2.45) is 0 Å². The van der Waals surface area contributed by atoms with E-state index in [1.165, 1.54) is 11.7 Å². The van der Waals surface area contributed by atoms with Gasteiger partial charge in [0.1, 0.15) is 17.1 Å². The quantitative estimate of drug-likeness (QED) is 0.305. The first-order valence-electron chi connectivity index (χ1n) is 11.3. The van der Waals surface area contributed by atoms with Crippen LogP contribution in [-0.2, 0) is 16.1 Å². The summed E-state index contributed by atoms with van der Waals surface area (Å²) in [4.78, 5) is 58.6. The number of hydrogen-bond acceptors (Lipinski definition) is 7. The number of nitrogens with zero attached hydrogens (tertiary/aromatic N) is 2. The second-order valence-electron chi connectivity index (χ2n) is 7.98. The van der Waals surface area contributed by atoms with Crippen molar-refractivity contribution < 1.29 is 19.1 Å². The summed E-state index contributed by atoms with van der Waals surface area (Å²) in [5.41, 5.74) is 1.11. The fourth-order valence-corrected chi connectivity index (χ4v) is 3.53. The van der Waals surface area contributed by atoms with Crippen molar-refractivity contribution in [1.29, 1.82) is 0 Å². The van der Waals surface area contributed by atoms with Gasteiger partial charge in [-0.2, -0.15) is 0 Å². The number of imidazole rings is 1. The third-order valence-corrected chi connectivity index (χ3v) is 5.46. The second kappa shape index (κ2) is 10.7. The molecule has 0 radical (unpaired) electrons. The minimum atomic E-state index is -0.486. The summed E-state index contributed by atoms with van der Waals surface area (Å²) >= 11 is 0. The summed E-state index contributed by atoms with van der Waals surface area (Å²) in [5.74, 6) is 0.0530. The van der Waals surface area contributed by atoms with Crippen LogP contribution in [0.5, 0.6) is 5.75 Å². The van der Waals surface area contributed by atoms with Crippen LogP contribution < -0.4 is 21.3 Å². The number of carbonyl (C=O) groups excluding carboxylic acids is 2. The number of esters is 1. The lowest BCUT2D eigenvalue weighted by molar-refractivity contribution is -0.118. The van der Waals surface area contributed by atoms with Crippen molar-refractivity contribution in [2.75, 3.05) is 19.0 Å². The summed E-state index contributed by atoms with van der Waals surface area (Å²) in [6, 6.07) is 13.1. The molecule has 0 fully saturated rings. The molecule has 0 aliphatic heterocycles. The first-order chi connectivity index (χ1) is 17.4. The third-order valence-electron chi connectivity index (χ3n) is 5.46. The Morgan fingerprint density at radius 3 is 2.42 bits per heavy atom. The molecule has 2 aromatic carbocycles. The Morgan fingerprint density at radius 2 is 1.75 bits per heavy atom. The Kier molecular flexibility index (Phi) is 7.28. The van der Waals surface area contributed by atoms with E-state index in [1.807, 2.05) is 6.92 Å². The van der Waals surface area contributed by atoms with Crippen LogP contribution >= 0.6 is 0 Å². The fraction of sp³-hybridized carbons (Fsp3) is 0.240. The van der Waals surface area contributed by atoms with Crippen molar-refractivity contribution >= 4 is 28.7 Å². The lowest BCUT2D eigenvalue weighted by Gasteiger charge is -2.08. The molecule has 36 heavy (non-hydrogen) atoms. The number of carbonyl (C=O) groups is 2. The van der Waals surface area contributed by atoms with Gasteiger partial charge in [-0.05, 0) is 55.0 Å². The number of rotatable bonds is 9. The molecule has 11 nitrogen and oxygen atoms in total. The first-order valence-corrected chi connectivity index (χ1v) is 11.3. The van der Waals surface area contributed by atoms with Crippen molar-refractivity contribution in [3.63, 3.8) is 0 Å². The highest BCUT2D eigenvalue weighted by atomic mass is 16.5. The lowest BCUT2D eigenvalue weighted by atomic mass is 10.2. The van der Waals surface area contributed by atoms with Crippen LogP contribution in [0.1, 0.15) is 30.1 Å². The fourth-order valence-electron chi connectivity index (χ4n) is 3.53. The number of anilines is 1. The average Bonchev–Trinajstić information content (AvgIpc) is 3.32. The maximum atomic E-state index is 12.7. The summed E-state index contributed by atoms with van der Waals surface area (Å²) in [7, 11) is 1.30. The number of H-pyrrole nitrogens is 2. The second-order valence-corrected chi connectivity index (χ2v) is 7.98. The molecule has 0 saturated heterocycles. The summed E-state index contributed by atoms with van der Waals surface area (Å²) in [6.45, 7) is 2.10. The van der Waals surface area contributed by atoms with Crippen LogP contribution in [0.3, 0.4) is 0 Å². The van der Waals surface area contributed by atoms with Crippen molar-refractivity contribution in [1.82, 2.24) is 19.5 Å². The van der Waals surface area contributed by atoms with Gasteiger partial charge in [0.05, 0.1) is 12.7 Å². The molecule has 4 rings (SSSR count). The van der Waals surface area contributed by atoms with Gasteiger partial charge in [-0.25, -0.2) is 14.6 Å². The van der Waals surface area contributed by atoms with E-state index < -0.39 is 17.2 Å². The van der Waals surface area contributed by atoms with E-state index >= 15 is 0 Å². The molecule has 0 atom stereocenters. The minimum absolute atomic E-state index is 0.198. The largest absolute Gasteiger partial charge is 0.484 e. The maximum absolute atomic E-state index is 12.7. The smallest absolute Gasteiger partial charge is 0.337 e. The number of nitrogens with one attached hydrogen (secondary N) is 3. The molecular weight excluding hydrogens is 466 g/mol. The predicted octanol–water partition coefficient (Wildman–Crippen LogP) is 2.68. The highest BCUT2D eigenvalue weighted by Gasteiger charge is 2.13. The summed E-state index contributed by atoms with van der Waals surface area (Å²) in [6.07, 6.45) is 1.58. The SMILES string of the molecule is CCCCn1c(=O)[nH]c2nc(-c3ccc(OCC(=O)Nc4ccc(C(=O)OC)cc4)cc3)[nH]c2c1=O. The molecule has 186 valence electrons. The minimum Gasteiger partial charge on any atom is -0.484 e. The maximum Gasteiger partial charge on any atom is 0.337 e. The molecule has 3 N–H and O–H groups in total. The van der Waals surface area contributed by atoms with Crippen LogP contribution in [0.2, 0.25) is 0 Å². The number of benzene rings is 2. The van der Waals surface area contributed by atoms with E-state index in [1.54, 1.807) is 48.5 Å². The Bertz CT molecular complexity index is 1500. The van der Waals surface area contributed by atoms with E-state index in [2.05, 4.69) is 25.0 Å². The Labute approximate surface area is 205 Å². The Balaban J connectivity index is 1.40. The van der Waals surface area contributed by atoms with E-state index in [4.69, 9.17) is 4.74 Å². The van der Waals surface area contributed by atoms with Crippen LogP contribution in [-0.4, -0.2) is 45.1 Å². The topological polar surface area (TPSA) is 148 Å². The van der Waals surface area contributed by atoms with Gasteiger partial charge in [0.15, 0.2) is 12.3 Å². The zero-order valence-electron chi connectivity index (χ0n) is 19.8. The molecule has 2 heterocycles. The average molecular weight is 492 g/mol.